The lowest BCUT2D eigenvalue weighted by atomic mass is 9.97. The predicted molar refractivity (Wildman–Crippen MR) is 77.2 cm³/mol. The van der Waals surface area contributed by atoms with Gasteiger partial charge in [0.2, 0.25) is 0 Å². The van der Waals surface area contributed by atoms with Gasteiger partial charge in [0.05, 0.1) is 19.8 Å². The van der Waals surface area contributed by atoms with Gasteiger partial charge in [-0.05, 0) is 30.7 Å². The van der Waals surface area contributed by atoms with E-state index in [0.29, 0.717) is 17.2 Å². The van der Waals surface area contributed by atoms with E-state index in [1.807, 2.05) is 18.2 Å². The van der Waals surface area contributed by atoms with Crippen LogP contribution < -0.4 is 4.74 Å². The van der Waals surface area contributed by atoms with Gasteiger partial charge in [-0.1, -0.05) is 19.9 Å². The molecule has 1 aromatic rings. The van der Waals surface area contributed by atoms with Crippen LogP contribution in [0.4, 0.5) is 0 Å². The van der Waals surface area contributed by atoms with E-state index in [-0.39, 0.29) is 13.1 Å². The normalized spacial score (nSPS) is 12.8. The number of ether oxygens (including phenoxy) is 1. The van der Waals surface area contributed by atoms with Gasteiger partial charge >= 0.3 is 5.97 Å². The summed E-state index contributed by atoms with van der Waals surface area (Å²) in [5.41, 5.74) is 1.80. The van der Waals surface area contributed by atoms with Crippen molar-refractivity contribution in [3.05, 3.63) is 29.3 Å². The number of benzene rings is 1. The van der Waals surface area contributed by atoms with Crippen LogP contribution in [0.2, 0.25) is 0 Å². The summed E-state index contributed by atoms with van der Waals surface area (Å²) in [7, 11) is 3.22. The van der Waals surface area contributed by atoms with Crippen LogP contribution in [0, 0.1) is 0 Å². The predicted octanol–water partition coefficient (Wildman–Crippen LogP) is 1.87. The maximum absolute atomic E-state index is 10.6. The molecule has 2 N–H and O–H groups in total. The van der Waals surface area contributed by atoms with Crippen LogP contribution in [0.15, 0.2) is 18.2 Å². The lowest BCUT2D eigenvalue weighted by Gasteiger charge is -2.21. The minimum atomic E-state index is -0.914. The average molecular weight is 281 g/mol. The Bertz CT molecular complexity index is 459. The molecule has 0 aliphatic carbocycles. The highest BCUT2D eigenvalue weighted by Gasteiger charge is 2.17. The molecule has 0 amide bonds. The summed E-state index contributed by atoms with van der Waals surface area (Å²) in [6.45, 7) is 4.29. The highest BCUT2D eigenvalue weighted by atomic mass is 16.5. The average Bonchev–Trinajstić information content (AvgIpc) is 2.36. The maximum atomic E-state index is 10.6. The number of aliphatic hydroxyl groups is 1. The molecule has 1 atom stereocenters. The molecule has 1 rings (SSSR count). The molecule has 0 aliphatic rings. The second-order valence-corrected chi connectivity index (χ2v) is 5.26. The second-order valence-electron chi connectivity index (χ2n) is 5.26. The van der Waals surface area contributed by atoms with Crippen molar-refractivity contribution in [1.82, 2.24) is 4.90 Å². The first-order chi connectivity index (χ1) is 9.35. The number of carboxylic acid groups (broad SMARTS) is 1. The zero-order valence-electron chi connectivity index (χ0n) is 12.5. The quantitative estimate of drug-likeness (QED) is 0.798. The molecule has 0 saturated heterocycles. The third kappa shape index (κ3) is 4.51. The molecule has 5 heteroatoms. The Morgan fingerprint density at radius 1 is 1.40 bits per heavy atom. The SMILES string of the molecule is COc1ccc(C(C)C)cc1C(O)CN(C)CC(=O)O. The van der Waals surface area contributed by atoms with Crippen LogP contribution in [-0.2, 0) is 4.79 Å². The number of aliphatic carboxylic acids is 1. The molecule has 0 spiro atoms. The molecule has 1 unspecified atom stereocenters. The van der Waals surface area contributed by atoms with Gasteiger partial charge in [0.1, 0.15) is 5.75 Å². The zero-order chi connectivity index (χ0) is 15.3. The van der Waals surface area contributed by atoms with Crippen LogP contribution in [-0.4, -0.2) is 48.3 Å². The molecule has 1 aromatic carbocycles. The molecule has 0 aromatic heterocycles. The van der Waals surface area contributed by atoms with Gasteiger partial charge in [-0.2, -0.15) is 0 Å². The molecule has 0 bridgehead atoms. The first-order valence-corrected chi connectivity index (χ1v) is 6.61. The van der Waals surface area contributed by atoms with Crippen molar-refractivity contribution in [3.8, 4) is 5.75 Å². The highest BCUT2D eigenvalue weighted by molar-refractivity contribution is 5.69. The third-order valence-corrected chi connectivity index (χ3v) is 3.17. The van der Waals surface area contributed by atoms with E-state index >= 15 is 0 Å². The molecule has 0 saturated carbocycles. The Kier molecular flexibility index (Phi) is 5.98. The third-order valence-electron chi connectivity index (χ3n) is 3.17. The summed E-state index contributed by atoms with van der Waals surface area (Å²) in [6, 6.07) is 5.73. The van der Waals surface area contributed by atoms with Crippen molar-refractivity contribution >= 4 is 5.97 Å². The van der Waals surface area contributed by atoms with Crippen LogP contribution in [0.1, 0.15) is 37.0 Å². The van der Waals surface area contributed by atoms with E-state index < -0.39 is 12.1 Å². The van der Waals surface area contributed by atoms with E-state index in [9.17, 15) is 9.90 Å². The molecular weight excluding hydrogens is 258 g/mol. The molecular formula is C15H23NO4. The van der Waals surface area contributed by atoms with E-state index in [1.165, 1.54) is 0 Å². The molecule has 0 heterocycles. The number of carbonyl (C=O) groups is 1. The van der Waals surface area contributed by atoms with E-state index in [4.69, 9.17) is 9.84 Å². The van der Waals surface area contributed by atoms with Crippen molar-refractivity contribution in [2.24, 2.45) is 0 Å². The maximum Gasteiger partial charge on any atom is 0.317 e. The van der Waals surface area contributed by atoms with Gasteiger partial charge < -0.3 is 14.9 Å². The van der Waals surface area contributed by atoms with Crippen molar-refractivity contribution in [3.63, 3.8) is 0 Å². The van der Waals surface area contributed by atoms with E-state index in [0.717, 1.165) is 5.56 Å². The number of likely N-dealkylation sites (N-methyl/N-ethyl adjacent to an activating group) is 1. The molecule has 0 fully saturated rings. The Morgan fingerprint density at radius 3 is 2.55 bits per heavy atom. The minimum absolute atomic E-state index is 0.108. The summed E-state index contributed by atoms with van der Waals surface area (Å²) in [6.07, 6.45) is -0.784. The number of aliphatic hydroxyl groups excluding tert-OH is 1. The number of methoxy groups -OCH3 is 1. The molecule has 0 aliphatic heterocycles. The fourth-order valence-electron chi connectivity index (χ4n) is 2.06. The van der Waals surface area contributed by atoms with Gasteiger partial charge in [0, 0.05) is 12.1 Å². The Labute approximate surface area is 119 Å². The highest BCUT2D eigenvalue weighted by Crippen LogP contribution is 2.29. The summed E-state index contributed by atoms with van der Waals surface area (Å²) in [4.78, 5) is 12.2. The molecule has 112 valence electrons. The smallest absolute Gasteiger partial charge is 0.317 e. The van der Waals surface area contributed by atoms with Gasteiger partial charge in [0.25, 0.3) is 0 Å². The largest absolute Gasteiger partial charge is 0.496 e. The summed E-state index contributed by atoms with van der Waals surface area (Å²) in [5, 5.41) is 19.0. The van der Waals surface area contributed by atoms with Crippen molar-refractivity contribution in [2.45, 2.75) is 25.9 Å². The van der Waals surface area contributed by atoms with Gasteiger partial charge in [-0.15, -0.1) is 0 Å². The Hall–Kier alpha value is -1.59. The van der Waals surface area contributed by atoms with Crippen LogP contribution in [0.25, 0.3) is 0 Å². The van der Waals surface area contributed by atoms with Crippen molar-refractivity contribution in [2.75, 3.05) is 27.2 Å². The van der Waals surface area contributed by atoms with Crippen LogP contribution >= 0.6 is 0 Å². The van der Waals surface area contributed by atoms with Gasteiger partial charge in [0.15, 0.2) is 0 Å². The first kappa shape index (κ1) is 16.5. The monoisotopic (exact) mass is 281 g/mol. The van der Waals surface area contributed by atoms with Gasteiger partial charge in [-0.3, -0.25) is 9.69 Å². The fraction of sp³-hybridized carbons (Fsp3) is 0.533. The second kappa shape index (κ2) is 7.26. The number of carboxylic acids is 1. The van der Waals surface area contributed by atoms with Crippen molar-refractivity contribution in [1.29, 1.82) is 0 Å². The van der Waals surface area contributed by atoms with Gasteiger partial charge in [-0.25, -0.2) is 0 Å². The Balaban J connectivity index is 2.92. The van der Waals surface area contributed by atoms with E-state index in [1.54, 1.807) is 19.1 Å². The molecule has 0 radical (unpaired) electrons. The molecule has 5 nitrogen and oxygen atoms in total. The standard InChI is InChI=1S/C15H23NO4/c1-10(2)11-5-6-14(20-4)12(7-11)13(17)8-16(3)9-15(18)19/h5-7,10,13,17H,8-9H2,1-4H3,(H,18,19). The fourth-order valence-corrected chi connectivity index (χ4v) is 2.06. The number of nitrogens with zero attached hydrogens (tertiary/aromatic N) is 1. The molecule has 20 heavy (non-hydrogen) atoms. The number of hydrogen-bond donors (Lipinski definition) is 2. The zero-order valence-corrected chi connectivity index (χ0v) is 12.5. The first-order valence-electron chi connectivity index (χ1n) is 6.61. The minimum Gasteiger partial charge on any atom is -0.496 e. The van der Waals surface area contributed by atoms with Crippen LogP contribution in [0.5, 0.6) is 5.75 Å². The van der Waals surface area contributed by atoms with Crippen molar-refractivity contribution < 1.29 is 19.7 Å². The summed E-state index contributed by atoms with van der Waals surface area (Å²) in [5.74, 6) is 0.0526. The van der Waals surface area contributed by atoms with Crippen LogP contribution in [0.3, 0.4) is 0 Å². The summed E-state index contributed by atoms with van der Waals surface area (Å²) < 4.78 is 5.27. The lowest BCUT2D eigenvalue weighted by Crippen LogP contribution is -2.30. The lowest BCUT2D eigenvalue weighted by molar-refractivity contribution is -0.138. The number of rotatable bonds is 7. The van der Waals surface area contributed by atoms with E-state index in [2.05, 4.69) is 13.8 Å². The Morgan fingerprint density at radius 2 is 2.05 bits per heavy atom. The topological polar surface area (TPSA) is 70.0 Å². The summed E-state index contributed by atoms with van der Waals surface area (Å²) >= 11 is 0. The number of hydrogen-bond acceptors (Lipinski definition) is 4.